The lowest BCUT2D eigenvalue weighted by Gasteiger charge is -2.38. The van der Waals surface area contributed by atoms with Crippen LogP contribution in [0.2, 0.25) is 0 Å². The molecule has 3 nitrogen and oxygen atoms in total. The van der Waals surface area contributed by atoms with E-state index in [1.54, 1.807) is 0 Å². The zero-order chi connectivity index (χ0) is 22.0. The third kappa shape index (κ3) is 10.9. The van der Waals surface area contributed by atoms with Crippen molar-refractivity contribution in [1.29, 1.82) is 0 Å². The predicted octanol–water partition coefficient (Wildman–Crippen LogP) is 7.08. The molecule has 0 spiro atoms. The topological polar surface area (TPSA) is 50.1 Å². The molecule has 35 heavy (non-hydrogen) atoms. The maximum absolute atomic E-state index is 5.59. The summed E-state index contributed by atoms with van der Waals surface area (Å²) in [7, 11) is 0. The van der Waals surface area contributed by atoms with Gasteiger partial charge in [0.2, 0.25) is 0 Å². The van der Waals surface area contributed by atoms with Crippen LogP contribution in [0.5, 0.6) is 0 Å². The second-order valence-electron chi connectivity index (χ2n) is 11.5. The van der Waals surface area contributed by atoms with Gasteiger partial charge in [0.25, 0.3) is 0 Å². The first kappa shape index (κ1) is 33.3. The Kier molecular flexibility index (Phi) is 17.6. The number of halogens is 3. The van der Waals surface area contributed by atoms with Crippen molar-refractivity contribution >= 4 is 37.2 Å². The van der Waals surface area contributed by atoms with Gasteiger partial charge in [0.1, 0.15) is 0 Å². The average Bonchev–Trinajstić information content (AvgIpc) is 2.84. The fourth-order valence-corrected chi connectivity index (χ4v) is 7.24. The Labute approximate surface area is 234 Å². The molecule has 0 aromatic heterocycles. The Morgan fingerprint density at radius 1 is 0.657 bits per heavy atom. The van der Waals surface area contributed by atoms with Crippen LogP contribution in [0.4, 0.5) is 0 Å². The first-order valence-corrected chi connectivity index (χ1v) is 14.3. The van der Waals surface area contributed by atoms with Gasteiger partial charge in [0.15, 0.2) is 0 Å². The molecule has 0 heterocycles. The Hall–Kier alpha value is 0.230. The standard InChI is InChI=1S/C29H51N3.3ClH/c30-17-3-18-31-19-4-20-32-29(7-1-5-27-21-23-9-13-25(27)14-10-23)8-2-6-28-22-24-11-15-26(28)16-12-24;;;/h9,11,13,15,23-29,31-32H,1-8,10,12,14,16-22,30H2;3*1H. The van der Waals surface area contributed by atoms with Crippen LogP contribution in [-0.2, 0) is 0 Å². The van der Waals surface area contributed by atoms with Crippen molar-refractivity contribution in [3.05, 3.63) is 24.3 Å². The summed E-state index contributed by atoms with van der Waals surface area (Å²) in [4.78, 5) is 0. The van der Waals surface area contributed by atoms with E-state index < -0.39 is 0 Å². The van der Waals surface area contributed by atoms with Crippen molar-refractivity contribution in [2.45, 2.75) is 95.9 Å². The van der Waals surface area contributed by atoms with Crippen LogP contribution in [0.25, 0.3) is 0 Å². The molecule has 6 rings (SSSR count). The first-order chi connectivity index (χ1) is 15.8. The van der Waals surface area contributed by atoms with Gasteiger partial charge in [0.05, 0.1) is 0 Å². The van der Waals surface area contributed by atoms with Crippen molar-refractivity contribution in [3.63, 3.8) is 0 Å². The Balaban J connectivity index is 0.00000204. The fourth-order valence-electron chi connectivity index (χ4n) is 7.24. The third-order valence-electron chi connectivity index (χ3n) is 9.20. The van der Waals surface area contributed by atoms with Crippen LogP contribution < -0.4 is 16.4 Å². The van der Waals surface area contributed by atoms with E-state index in [2.05, 4.69) is 34.9 Å². The normalized spacial score (nSPS) is 30.9. The average molecular weight is 551 g/mol. The molecule has 6 aliphatic carbocycles. The van der Waals surface area contributed by atoms with Gasteiger partial charge in [-0.05, 0) is 139 Å². The van der Waals surface area contributed by atoms with E-state index in [1.165, 1.54) is 83.5 Å². The van der Waals surface area contributed by atoms with Gasteiger partial charge in [-0.1, -0.05) is 37.1 Å². The molecule has 0 radical (unpaired) electrons. The summed E-state index contributed by atoms with van der Waals surface area (Å²) in [6.45, 7) is 4.14. The van der Waals surface area contributed by atoms with Crippen LogP contribution in [0.1, 0.15) is 89.9 Å². The summed E-state index contributed by atoms with van der Waals surface area (Å²) in [5.41, 5.74) is 5.59. The molecule has 0 saturated heterocycles. The summed E-state index contributed by atoms with van der Waals surface area (Å²) in [5, 5.41) is 7.49. The van der Waals surface area contributed by atoms with E-state index in [4.69, 9.17) is 5.73 Å². The van der Waals surface area contributed by atoms with Crippen molar-refractivity contribution in [2.24, 2.45) is 41.2 Å². The number of nitrogens with one attached hydrogen (secondary N) is 2. The summed E-state index contributed by atoms with van der Waals surface area (Å²) in [6, 6.07) is 0.728. The minimum absolute atomic E-state index is 0. The maximum Gasteiger partial charge on any atom is 0.00670 e. The molecule has 0 aromatic carbocycles. The van der Waals surface area contributed by atoms with Crippen LogP contribution in [-0.4, -0.2) is 32.2 Å². The van der Waals surface area contributed by atoms with Crippen LogP contribution in [0.3, 0.4) is 0 Å². The maximum atomic E-state index is 5.59. The van der Waals surface area contributed by atoms with Gasteiger partial charge in [-0.3, -0.25) is 0 Å². The smallest absolute Gasteiger partial charge is 0.00670 e. The molecular weight excluding hydrogens is 497 g/mol. The van der Waals surface area contributed by atoms with Crippen LogP contribution >= 0.6 is 37.2 Å². The fraction of sp³-hybridized carbons (Fsp3) is 0.862. The lowest BCUT2D eigenvalue weighted by molar-refractivity contribution is 0.197. The summed E-state index contributed by atoms with van der Waals surface area (Å²) < 4.78 is 0. The lowest BCUT2D eigenvalue weighted by atomic mass is 9.67. The van der Waals surface area contributed by atoms with Crippen LogP contribution in [0, 0.1) is 35.5 Å². The molecule has 0 aromatic rings. The van der Waals surface area contributed by atoms with E-state index in [0.717, 1.165) is 74.1 Å². The van der Waals surface area contributed by atoms with E-state index in [-0.39, 0.29) is 37.2 Å². The van der Waals surface area contributed by atoms with Gasteiger partial charge >= 0.3 is 0 Å². The monoisotopic (exact) mass is 549 g/mol. The Morgan fingerprint density at radius 2 is 1.20 bits per heavy atom. The van der Waals surface area contributed by atoms with Gasteiger partial charge in [-0.25, -0.2) is 0 Å². The van der Waals surface area contributed by atoms with E-state index >= 15 is 0 Å². The van der Waals surface area contributed by atoms with Crippen molar-refractivity contribution in [2.75, 3.05) is 26.2 Å². The van der Waals surface area contributed by atoms with Crippen molar-refractivity contribution in [1.82, 2.24) is 10.6 Å². The molecule has 0 aliphatic heterocycles. The molecular formula is C29H54Cl3N3. The van der Waals surface area contributed by atoms with Crippen molar-refractivity contribution < 1.29 is 0 Å². The summed E-state index contributed by atoms with van der Waals surface area (Å²) in [6.07, 6.45) is 29.8. The van der Waals surface area contributed by atoms with Gasteiger partial charge < -0.3 is 16.4 Å². The highest BCUT2D eigenvalue weighted by Gasteiger charge is 2.32. The molecule has 6 unspecified atom stereocenters. The van der Waals surface area contributed by atoms with E-state index in [1.807, 2.05) is 0 Å². The number of fused-ring (bicyclic) bond motifs is 4. The zero-order valence-electron chi connectivity index (χ0n) is 21.9. The zero-order valence-corrected chi connectivity index (χ0v) is 24.3. The minimum Gasteiger partial charge on any atom is -0.330 e. The first-order valence-electron chi connectivity index (χ1n) is 14.3. The summed E-state index contributed by atoms with van der Waals surface area (Å²) >= 11 is 0. The number of nitrogens with two attached hydrogens (primary N) is 1. The highest BCUT2D eigenvalue weighted by molar-refractivity contribution is 5.86. The van der Waals surface area contributed by atoms with Crippen LogP contribution in [0.15, 0.2) is 24.3 Å². The molecule has 0 amide bonds. The molecule has 206 valence electrons. The molecule has 2 fully saturated rings. The summed E-state index contributed by atoms with van der Waals surface area (Å²) in [5.74, 6) is 5.59. The molecule has 4 N–H and O–H groups in total. The number of hydrogen-bond acceptors (Lipinski definition) is 3. The van der Waals surface area contributed by atoms with Gasteiger partial charge in [-0.15, -0.1) is 37.2 Å². The molecule has 6 atom stereocenters. The molecule has 6 heteroatoms. The number of allylic oxidation sites excluding steroid dienone is 4. The van der Waals surface area contributed by atoms with Gasteiger partial charge in [0, 0.05) is 6.04 Å². The van der Waals surface area contributed by atoms with E-state index in [9.17, 15) is 0 Å². The third-order valence-corrected chi connectivity index (χ3v) is 9.20. The highest BCUT2D eigenvalue weighted by Crippen LogP contribution is 2.43. The highest BCUT2D eigenvalue weighted by atomic mass is 35.5. The van der Waals surface area contributed by atoms with E-state index in [0.29, 0.717) is 0 Å². The molecule has 2 saturated carbocycles. The molecule has 6 aliphatic rings. The minimum atomic E-state index is 0. The number of hydrogen-bond donors (Lipinski definition) is 3. The second kappa shape index (κ2) is 18.5. The van der Waals surface area contributed by atoms with Crippen molar-refractivity contribution in [3.8, 4) is 0 Å². The SMILES string of the molecule is Cl.Cl.Cl.NCCCNCCCNC(CCCC1CC2C=CC1CC2)CCCC1CC2C=CC1CC2. The quantitative estimate of drug-likeness (QED) is 0.142. The Morgan fingerprint density at radius 3 is 1.63 bits per heavy atom. The Bertz CT molecular complexity index is 558. The predicted molar refractivity (Wildman–Crippen MR) is 159 cm³/mol. The lowest BCUT2D eigenvalue weighted by Crippen LogP contribution is -2.33. The second-order valence-corrected chi connectivity index (χ2v) is 11.5. The largest absolute Gasteiger partial charge is 0.330 e. The van der Waals surface area contributed by atoms with Gasteiger partial charge in [-0.2, -0.15) is 0 Å². The molecule has 4 bridgehead atoms. The number of rotatable bonds is 16.